The lowest BCUT2D eigenvalue weighted by Gasteiger charge is -2.17. The Morgan fingerprint density at radius 3 is 1.95 bits per heavy atom. The summed E-state index contributed by atoms with van der Waals surface area (Å²) in [7, 11) is 0. The van der Waals surface area contributed by atoms with E-state index in [-0.39, 0.29) is 0 Å². The molecule has 0 aliphatic carbocycles. The van der Waals surface area contributed by atoms with E-state index < -0.39 is 0 Å². The van der Waals surface area contributed by atoms with Crippen LogP contribution in [0.5, 0.6) is 11.5 Å². The Morgan fingerprint density at radius 2 is 1.15 bits per heavy atom. The predicted octanol–water partition coefficient (Wildman–Crippen LogP) is 10.8. The van der Waals surface area contributed by atoms with Crippen molar-refractivity contribution in [3.05, 3.63) is 156 Å². The van der Waals surface area contributed by atoms with E-state index in [9.17, 15) is 0 Å². The summed E-state index contributed by atoms with van der Waals surface area (Å²) in [6.45, 7) is 0. The topological polar surface area (TPSA) is 21.3 Å². The van der Waals surface area contributed by atoms with Crippen molar-refractivity contribution in [3.8, 4) is 22.6 Å². The van der Waals surface area contributed by atoms with Gasteiger partial charge in [-0.1, -0.05) is 97.1 Å². The summed E-state index contributed by atoms with van der Waals surface area (Å²) in [5, 5.41) is 6.29. The van der Waals surface area contributed by atoms with Crippen molar-refractivity contribution in [1.82, 2.24) is 0 Å². The second-order valence-electron chi connectivity index (χ2n) is 10.6. The molecule has 2 heterocycles. The van der Waals surface area contributed by atoms with Gasteiger partial charge in [-0.15, -0.1) is 11.3 Å². The van der Waals surface area contributed by atoms with E-state index in [1.807, 2.05) is 11.3 Å². The number of hydrogen-bond acceptors (Lipinski definition) is 3. The number of para-hydroxylation sites is 1. The van der Waals surface area contributed by atoms with Crippen LogP contribution < -0.4 is 10.1 Å². The van der Waals surface area contributed by atoms with Gasteiger partial charge in [-0.2, -0.15) is 0 Å². The van der Waals surface area contributed by atoms with Crippen LogP contribution in [0.2, 0.25) is 0 Å². The van der Waals surface area contributed by atoms with Crippen molar-refractivity contribution in [3.63, 3.8) is 0 Å². The summed E-state index contributed by atoms with van der Waals surface area (Å²) < 4.78 is 9.38. The Kier molecular flexibility index (Phi) is 5.82. The van der Waals surface area contributed by atoms with Gasteiger partial charge in [0.05, 0.1) is 0 Å². The molecular weight excluding hydrogens is 518 g/mol. The Morgan fingerprint density at radius 1 is 0.512 bits per heavy atom. The molecule has 0 radical (unpaired) electrons. The zero-order chi connectivity index (χ0) is 27.2. The Balaban J connectivity index is 1.26. The van der Waals surface area contributed by atoms with Gasteiger partial charge in [-0.05, 0) is 63.7 Å². The van der Waals surface area contributed by atoms with Crippen LogP contribution in [-0.4, -0.2) is 0 Å². The second-order valence-corrected chi connectivity index (χ2v) is 11.7. The average molecular weight is 546 g/mol. The normalized spacial score (nSPS) is 12.4. The van der Waals surface area contributed by atoms with E-state index >= 15 is 0 Å². The van der Waals surface area contributed by atoms with E-state index in [0.29, 0.717) is 0 Å². The fourth-order valence-corrected chi connectivity index (χ4v) is 7.19. The number of anilines is 2. The lowest BCUT2D eigenvalue weighted by molar-refractivity contribution is 0.472. The molecule has 41 heavy (non-hydrogen) atoms. The molecule has 7 aromatic rings. The van der Waals surface area contributed by atoms with Crippen LogP contribution in [-0.2, 0) is 12.8 Å². The molecule has 0 spiro atoms. The maximum atomic E-state index is 6.79. The number of rotatable bonds is 2. The second kappa shape index (κ2) is 9.96. The Labute approximate surface area is 243 Å². The third kappa shape index (κ3) is 4.35. The number of fused-ring (bicyclic) bond motifs is 8. The highest BCUT2D eigenvalue weighted by molar-refractivity contribution is 7.25. The smallest absolute Gasteiger partial charge is 0.133 e. The maximum absolute atomic E-state index is 6.79. The molecule has 2 nitrogen and oxygen atoms in total. The van der Waals surface area contributed by atoms with Gasteiger partial charge < -0.3 is 10.1 Å². The van der Waals surface area contributed by atoms with Crippen molar-refractivity contribution in [2.75, 3.05) is 5.32 Å². The van der Waals surface area contributed by atoms with Crippen molar-refractivity contribution < 1.29 is 4.74 Å². The largest absolute Gasteiger partial charge is 0.457 e. The van der Waals surface area contributed by atoms with Crippen LogP contribution in [0.3, 0.4) is 0 Å². The van der Waals surface area contributed by atoms with Crippen molar-refractivity contribution in [2.24, 2.45) is 0 Å². The minimum absolute atomic E-state index is 0.785. The zero-order valence-corrected chi connectivity index (χ0v) is 23.2. The summed E-state index contributed by atoms with van der Waals surface area (Å²) in [5.41, 5.74) is 9.64. The van der Waals surface area contributed by atoms with Gasteiger partial charge >= 0.3 is 0 Å². The number of nitrogens with one attached hydrogen (secondary N) is 1. The van der Waals surface area contributed by atoms with Crippen LogP contribution in [0, 0.1) is 0 Å². The molecule has 1 N–H and O–H groups in total. The molecule has 0 amide bonds. The SMILES string of the molecule is c1ccc2c(c1)Cc1ccccc1-c1ccccc1Cc1ccc(Nc3cccc4sc5ccccc5c34)cc1O2. The van der Waals surface area contributed by atoms with E-state index in [1.165, 1.54) is 48.0 Å². The Hall–Kier alpha value is -4.86. The first kappa shape index (κ1) is 24.0. The lowest BCUT2D eigenvalue weighted by atomic mass is 9.90. The average Bonchev–Trinajstić information content (AvgIpc) is 3.39. The van der Waals surface area contributed by atoms with Gasteiger partial charge in [0.15, 0.2) is 0 Å². The van der Waals surface area contributed by atoms with Crippen LogP contribution in [0.15, 0.2) is 133 Å². The van der Waals surface area contributed by atoms with Crippen LogP contribution in [0.4, 0.5) is 11.4 Å². The lowest BCUT2D eigenvalue weighted by Crippen LogP contribution is -1.98. The van der Waals surface area contributed by atoms with E-state index in [1.54, 1.807) is 0 Å². The first-order chi connectivity index (χ1) is 20.3. The molecule has 0 saturated carbocycles. The van der Waals surface area contributed by atoms with Crippen LogP contribution >= 0.6 is 11.3 Å². The van der Waals surface area contributed by atoms with Gasteiger partial charge in [0.2, 0.25) is 0 Å². The van der Waals surface area contributed by atoms with Gasteiger partial charge in [-0.25, -0.2) is 0 Å². The number of thiophene rings is 1. The summed E-state index contributed by atoms with van der Waals surface area (Å²) >= 11 is 1.84. The molecule has 1 aliphatic rings. The van der Waals surface area contributed by atoms with Gasteiger partial charge in [0.1, 0.15) is 11.5 Å². The molecule has 0 unspecified atom stereocenters. The fourth-order valence-electron chi connectivity index (χ4n) is 6.06. The summed E-state index contributed by atoms with van der Waals surface area (Å²) in [6.07, 6.45) is 1.59. The number of hydrogen-bond donors (Lipinski definition) is 1. The highest BCUT2D eigenvalue weighted by atomic mass is 32.1. The molecule has 1 aromatic heterocycles. The van der Waals surface area contributed by atoms with Crippen molar-refractivity contribution in [2.45, 2.75) is 12.8 Å². The first-order valence-corrected chi connectivity index (χ1v) is 14.8. The highest BCUT2D eigenvalue weighted by Crippen LogP contribution is 2.41. The number of benzene rings is 6. The Bertz CT molecular complexity index is 2070. The van der Waals surface area contributed by atoms with Gasteiger partial charge in [-0.3, -0.25) is 0 Å². The third-order valence-electron chi connectivity index (χ3n) is 8.03. The highest BCUT2D eigenvalue weighted by Gasteiger charge is 2.18. The minimum atomic E-state index is 0.785. The molecule has 3 heteroatoms. The molecule has 0 saturated heterocycles. The monoisotopic (exact) mass is 545 g/mol. The summed E-state index contributed by atoms with van der Waals surface area (Å²) in [4.78, 5) is 0. The molecule has 6 aromatic carbocycles. The molecular formula is C38H27NOS. The van der Waals surface area contributed by atoms with Crippen LogP contribution in [0.25, 0.3) is 31.3 Å². The van der Waals surface area contributed by atoms with E-state index in [0.717, 1.165) is 41.3 Å². The molecule has 196 valence electrons. The molecule has 8 rings (SSSR count). The summed E-state index contributed by atoms with van der Waals surface area (Å²) in [5.74, 6) is 1.78. The first-order valence-electron chi connectivity index (χ1n) is 14.0. The zero-order valence-electron chi connectivity index (χ0n) is 22.4. The third-order valence-corrected chi connectivity index (χ3v) is 9.16. The van der Waals surface area contributed by atoms with Gasteiger partial charge in [0, 0.05) is 50.5 Å². The molecule has 1 aliphatic heterocycles. The molecule has 0 bridgehead atoms. The maximum Gasteiger partial charge on any atom is 0.133 e. The quantitative estimate of drug-likeness (QED) is 0.233. The van der Waals surface area contributed by atoms with E-state index in [4.69, 9.17) is 4.74 Å². The molecule has 0 fully saturated rings. The fraction of sp³-hybridized carbons (Fsp3) is 0.0526. The number of ether oxygens (including phenoxy) is 1. The minimum Gasteiger partial charge on any atom is -0.457 e. The predicted molar refractivity (Wildman–Crippen MR) is 173 cm³/mol. The van der Waals surface area contributed by atoms with Crippen LogP contribution in [0.1, 0.15) is 22.3 Å². The van der Waals surface area contributed by atoms with Crippen molar-refractivity contribution >= 4 is 42.9 Å². The van der Waals surface area contributed by atoms with Gasteiger partial charge in [0.25, 0.3) is 0 Å². The standard InChI is InChI=1S/C38H27NOS/c1-4-13-30-25(10-1)22-27-12-3-7-17-34(27)40-35-24-29(21-20-28(35)23-26-11-2-5-14-31(26)30)39-33-16-9-19-37-38(33)32-15-6-8-18-36(32)41-37/h1-21,24,39H,22-23H2. The van der Waals surface area contributed by atoms with E-state index in [2.05, 4.69) is 139 Å². The summed E-state index contributed by atoms with van der Waals surface area (Å²) in [6, 6.07) is 47.7. The molecule has 0 atom stereocenters. The van der Waals surface area contributed by atoms with Crippen molar-refractivity contribution in [1.29, 1.82) is 0 Å².